The van der Waals surface area contributed by atoms with Gasteiger partial charge >= 0.3 is 5.97 Å². The molecular weight excluding hydrogens is 242 g/mol. The third kappa shape index (κ3) is 2.01. The van der Waals surface area contributed by atoms with Crippen LogP contribution in [0.2, 0.25) is 0 Å². The van der Waals surface area contributed by atoms with Crippen LogP contribution >= 0.6 is 0 Å². The van der Waals surface area contributed by atoms with E-state index in [4.69, 9.17) is 0 Å². The van der Waals surface area contributed by atoms with Gasteiger partial charge in [0.25, 0.3) is 0 Å². The maximum atomic E-state index is 11.8. The fourth-order valence-corrected chi connectivity index (χ4v) is 3.06. The van der Waals surface area contributed by atoms with Crippen molar-refractivity contribution in [3.63, 3.8) is 0 Å². The van der Waals surface area contributed by atoms with Gasteiger partial charge < -0.3 is 10.0 Å². The van der Waals surface area contributed by atoms with E-state index in [1.54, 1.807) is 11.9 Å². The zero-order chi connectivity index (χ0) is 13.6. The summed E-state index contributed by atoms with van der Waals surface area (Å²) in [7, 11) is 1.71. The Labute approximate surface area is 112 Å². The van der Waals surface area contributed by atoms with Crippen molar-refractivity contribution < 1.29 is 14.7 Å². The molecule has 2 fully saturated rings. The Kier molecular flexibility index (Phi) is 2.81. The summed E-state index contributed by atoms with van der Waals surface area (Å²) in [6, 6.07) is 7.65. The highest BCUT2D eigenvalue weighted by atomic mass is 16.4. The normalized spacial score (nSPS) is 26.8. The predicted octanol–water partition coefficient (Wildman–Crippen LogP) is 2.17. The van der Waals surface area contributed by atoms with Gasteiger partial charge in [0.1, 0.15) is 0 Å². The molecule has 1 N–H and O–H groups in total. The smallest absolute Gasteiger partial charge is 0.309 e. The standard InChI is InChI=1S/C15H17NO3/c1-16-13(17)8-12(15(18)19)14(16)11-5-3-2-4-10(11)9-6-7-9/h2-5,9,12,14H,6-8H2,1H3,(H,18,19). The minimum Gasteiger partial charge on any atom is -0.481 e. The number of rotatable bonds is 3. The Hall–Kier alpha value is -1.84. The molecule has 3 rings (SSSR count). The first-order chi connectivity index (χ1) is 9.09. The van der Waals surface area contributed by atoms with Crippen LogP contribution in [0.25, 0.3) is 0 Å². The van der Waals surface area contributed by atoms with E-state index in [0.29, 0.717) is 5.92 Å². The Morgan fingerprint density at radius 3 is 2.47 bits per heavy atom. The van der Waals surface area contributed by atoms with Crippen LogP contribution in [0.3, 0.4) is 0 Å². The number of carboxylic acids is 1. The van der Waals surface area contributed by atoms with Crippen LogP contribution < -0.4 is 0 Å². The van der Waals surface area contributed by atoms with Crippen LogP contribution in [-0.2, 0) is 9.59 Å². The van der Waals surface area contributed by atoms with Crippen molar-refractivity contribution in [3.8, 4) is 0 Å². The van der Waals surface area contributed by atoms with E-state index in [-0.39, 0.29) is 18.4 Å². The van der Waals surface area contributed by atoms with Gasteiger partial charge in [-0.15, -0.1) is 0 Å². The number of likely N-dealkylation sites (tertiary alicyclic amines) is 1. The van der Waals surface area contributed by atoms with Crippen molar-refractivity contribution in [2.24, 2.45) is 5.92 Å². The summed E-state index contributed by atoms with van der Waals surface area (Å²) < 4.78 is 0. The van der Waals surface area contributed by atoms with Crippen LogP contribution in [0, 0.1) is 5.92 Å². The molecule has 0 spiro atoms. The van der Waals surface area contributed by atoms with E-state index in [9.17, 15) is 14.7 Å². The lowest BCUT2D eigenvalue weighted by Gasteiger charge is -2.25. The zero-order valence-corrected chi connectivity index (χ0v) is 10.9. The highest BCUT2D eigenvalue weighted by Crippen LogP contribution is 2.46. The number of carboxylic acid groups (broad SMARTS) is 1. The van der Waals surface area contributed by atoms with E-state index < -0.39 is 11.9 Å². The molecule has 4 nitrogen and oxygen atoms in total. The Bertz CT molecular complexity index is 536. The third-order valence-corrected chi connectivity index (χ3v) is 4.24. The molecule has 1 aromatic carbocycles. The number of aliphatic carboxylic acids is 1. The highest BCUT2D eigenvalue weighted by molar-refractivity contribution is 5.87. The van der Waals surface area contributed by atoms with Crippen LogP contribution in [-0.4, -0.2) is 28.9 Å². The highest BCUT2D eigenvalue weighted by Gasteiger charge is 2.44. The van der Waals surface area contributed by atoms with Crippen LogP contribution in [0.1, 0.15) is 42.3 Å². The number of hydrogen-bond donors (Lipinski definition) is 1. The average molecular weight is 259 g/mol. The zero-order valence-electron chi connectivity index (χ0n) is 10.9. The molecule has 0 bridgehead atoms. The van der Waals surface area contributed by atoms with Crippen LogP contribution in [0.4, 0.5) is 0 Å². The van der Waals surface area contributed by atoms with Crippen molar-refractivity contribution >= 4 is 11.9 Å². The number of benzene rings is 1. The molecule has 19 heavy (non-hydrogen) atoms. The molecule has 4 heteroatoms. The molecule has 2 aliphatic rings. The molecule has 1 heterocycles. The summed E-state index contributed by atoms with van der Waals surface area (Å²) in [6.07, 6.45) is 2.44. The van der Waals surface area contributed by atoms with Gasteiger partial charge in [-0.25, -0.2) is 0 Å². The van der Waals surface area contributed by atoms with Gasteiger partial charge in [0, 0.05) is 13.5 Å². The molecule has 1 aliphatic heterocycles. The fourth-order valence-electron chi connectivity index (χ4n) is 3.06. The van der Waals surface area contributed by atoms with Crippen molar-refractivity contribution in [3.05, 3.63) is 35.4 Å². The number of carbonyl (C=O) groups excluding carboxylic acids is 1. The molecule has 2 atom stereocenters. The Morgan fingerprint density at radius 1 is 1.26 bits per heavy atom. The van der Waals surface area contributed by atoms with Crippen molar-refractivity contribution in [1.29, 1.82) is 0 Å². The summed E-state index contributed by atoms with van der Waals surface area (Å²) in [5, 5.41) is 9.35. The molecule has 1 saturated heterocycles. The molecule has 1 aliphatic carbocycles. The van der Waals surface area contributed by atoms with Gasteiger partial charge in [0.05, 0.1) is 12.0 Å². The monoisotopic (exact) mass is 259 g/mol. The molecule has 100 valence electrons. The molecular formula is C15H17NO3. The number of amides is 1. The summed E-state index contributed by atoms with van der Waals surface area (Å²) in [5.41, 5.74) is 2.24. The quantitative estimate of drug-likeness (QED) is 0.905. The van der Waals surface area contributed by atoms with Gasteiger partial charge in [0.2, 0.25) is 5.91 Å². The first-order valence-electron chi connectivity index (χ1n) is 6.67. The second-order valence-electron chi connectivity index (χ2n) is 5.50. The minimum absolute atomic E-state index is 0.0806. The molecule has 2 unspecified atom stereocenters. The third-order valence-electron chi connectivity index (χ3n) is 4.24. The van der Waals surface area contributed by atoms with E-state index >= 15 is 0 Å². The van der Waals surface area contributed by atoms with Crippen molar-refractivity contribution in [2.45, 2.75) is 31.2 Å². The van der Waals surface area contributed by atoms with Crippen LogP contribution in [0.5, 0.6) is 0 Å². The lowest BCUT2D eigenvalue weighted by atomic mass is 9.89. The van der Waals surface area contributed by atoms with Crippen LogP contribution in [0.15, 0.2) is 24.3 Å². The second kappa shape index (κ2) is 4.37. The molecule has 0 radical (unpaired) electrons. The Balaban J connectivity index is 2.03. The van der Waals surface area contributed by atoms with Crippen molar-refractivity contribution in [1.82, 2.24) is 4.90 Å². The first-order valence-corrected chi connectivity index (χ1v) is 6.67. The van der Waals surface area contributed by atoms with E-state index in [1.807, 2.05) is 18.2 Å². The second-order valence-corrected chi connectivity index (χ2v) is 5.50. The molecule has 1 saturated carbocycles. The summed E-state index contributed by atoms with van der Waals surface area (Å²) in [4.78, 5) is 24.8. The first kappa shape index (κ1) is 12.2. The molecule has 1 amide bonds. The van der Waals surface area contributed by atoms with Crippen molar-refractivity contribution in [2.75, 3.05) is 7.05 Å². The summed E-state index contributed by atoms with van der Waals surface area (Å²) in [5.74, 6) is -1.04. The lowest BCUT2D eigenvalue weighted by Crippen LogP contribution is -2.27. The number of nitrogens with zero attached hydrogens (tertiary/aromatic N) is 1. The van der Waals surface area contributed by atoms with Gasteiger partial charge in [-0.05, 0) is 29.9 Å². The fraction of sp³-hybridized carbons (Fsp3) is 0.467. The largest absolute Gasteiger partial charge is 0.481 e. The van der Waals surface area contributed by atoms with Gasteiger partial charge in [-0.2, -0.15) is 0 Å². The average Bonchev–Trinajstić information content (AvgIpc) is 3.18. The Morgan fingerprint density at radius 2 is 1.89 bits per heavy atom. The predicted molar refractivity (Wildman–Crippen MR) is 69.7 cm³/mol. The summed E-state index contributed by atoms with van der Waals surface area (Å²) in [6.45, 7) is 0. The van der Waals surface area contributed by atoms with E-state index in [0.717, 1.165) is 5.56 Å². The maximum absolute atomic E-state index is 11.8. The molecule has 0 aromatic heterocycles. The summed E-state index contributed by atoms with van der Waals surface area (Å²) >= 11 is 0. The molecule has 1 aromatic rings. The number of carbonyl (C=O) groups is 2. The van der Waals surface area contributed by atoms with Gasteiger partial charge in [0.15, 0.2) is 0 Å². The van der Waals surface area contributed by atoms with E-state index in [1.165, 1.54) is 18.4 Å². The number of hydrogen-bond acceptors (Lipinski definition) is 2. The SMILES string of the molecule is CN1C(=O)CC(C(=O)O)C1c1ccccc1C1CC1. The van der Waals surface area contributed by atoms with Gasteiger partial charge in [-0.3, -0.25) is 9.59 Å². The minimum atomic E-state index is -0.881. The van der Waals surface area contributed by atoms with E-state index in [2.05, 4.69) is 6.07 Å². The topological polar surface area (TPSA) is 57.6 Å². The maximum Gasteiger partial charge on any atom is 0.309 e. The van der Waals surface area contributed by atoms with Gasteiger partial charge in [-0.1, -0.05) is 24.3 Å². The lowest BCUT2D eigenvalue weighted by molar-refractivity contribution is -0.142.